The third kappa shape index (κ3) is 7.18. The van der Waals surface area contributed by atoms with Gasteiger partial charge in [-0.1, -0.05) is 13.8 Å². The van der Waals surface area contributed by atoms with Crippen molar-refractivity contribution in [1.82, 2.24) is 35.3 Å². The molecule has 222 valence electrons. The fourth-order valence-electron chi connectivity index (χ4n) is 3.79. The lowest BCUT2D eigenvalue weighted by Crippen LogP contribution is -2.37. The quantitative estimate of drug-likeness (QED) is 0.265. The molecule has 0 aliphatic heterocycles. The molecule has 4 aromatic heterocycles. The predicted molar refractivity (Wildman–Crippen MR) is 143 cm³/mol. The monoisotopic (exact) mass is 587 g/mol. The number of hydrogen-bond donors (Lipinski definition) is 3. The Labute approximate surface area is 237 Å². The van der Waals surface area contributed by atoms with Gasteiger partial charge in [0.2, 0.25) is 11.8 Å². The second kappa shape index (κ2) is 11.5. The zero-order valence-electron chi connectivity index (χ0n) is 23.2. The van der Waals surface area contributed by atoms with Crippen LogP contribution in [0.1, 0.15) is 52.2 Å². The van der Waals surface area contributed by atoms with Crippen molar-refractivity contribution in [2.45, 2.75) is 52.4 Å². The molecule has 42 heavy (non-hydrogen) atoms. The Morgan fingerprint density at radius 1 is 1.07 bits per heavy atom. The number of nitrogens with zero attached hydrogens (tertiary/aromatic N) is 6. The van der Waals surface area contributed by atoms with Gasteiger partial charge < -0.3 is 20.2 Å². The highest BCUT2D eigenvalue weighted by Crippen LogP contribution is 2.33. The number of anilines is 1. The minimum absolute atomic E-state index is 0.00631. The molecule has 4 aromatic rings. The van der Waals surface area contributed by atoms with Crippen LogP contribution in [0.2, 0.25) is 0 Å². The maximum Gasteiger partial charge on any atom is 0.435 e. The molecule has 0 aliphatic carbocycles. The van der Waals surface area contributed by atoms with E-state index < -0.39 is 35.6 Å². The Hall–Kier alpha value is -5.02. The largest absolute Gasteiger partial charge is 0.444 e. The van der Waals surface area contributed by atoms with Crippen molar-refractivity contribution < 1.29 is 31.9 Å². The molecule has 0 saturated carbocycles. The fourth-order valence-corrected chi connectivity index (χ4v) is 3.79. The summed E-state index contributed by atoms with van der Waals surface area (Å²) in [6.45, 7) is 8.95. The average Bonchev–Trinajstić information content (AvgIpc) is 3.56. The molecule has 16 heteroatoms. The molecule has 4 N–H and O–H groups in total. The lowest BCUT2D eigenvalue weighted by atomic mass is 10.0. The number of alkyl carbamates (subject to hydrolysis) is 1. The number of nitrogens with one attached hydrogen (secondary N) is 2. The molecular weight excluding hydrogens is 559 g/mol. The number of urea groups is 1. The third-order valence-corrected chi connectivity index (χ3v) is 5.60. The van der Waals surface area contributed by atoms with Crippen LogP contribution in [0.3, 0.4) is 0 Å². The number of amides is 3. The topological polar surface area (TPSA) is 176 Å². The van der Waals surface area contributed by atoms with Crippen LogP contribution in [-0.2, 0) is 10.9 Å². The van der Waals surface area contributed by atoms with Crippen molar-refractivity contribution in [3.8, 4) is 28.3 Å². The van der Waals surface area contributed by atoms with E-state index in [4.69, 9.17) is 14.9 Å². The maximum atomic E-state index is 13.3. The summed E-state index contributed by atoms with van der Waals surface area (Å²) in [5, 5.41) is 16.9. The summed E-state index contributed by atoms with van der Waals surface area (Å²) in [5.74, 6) is 0.0768. The first-order valence-corrected chi connectivity index (χ1v) is 12.6. The van der Waals surface area contributed by atoms with E-state index in [0.29, 0.717) is 16.7 Å². The number of aromatic nitrogens is 6. The molecular formula is C26H28F3N9O4. The highest BCUT2D eigenvalue weighted by atomic mass is 19.4. The molecule has 0 aromatic carbocycles. The van der Waals surface area contributed by atoms with Crippen molar-refractivity contribution in [3.63, 3.8) is 0 Å². The van der Waals surface area contributed by atoms with Gasteiger partial charge in [-0.25, -0.2) is 19.3 Å². The van der Waals surface area contributed by atoms with Gasteiger partial charge in [-0.3, -0.25) is 10.3 Å². The minimum Gasteiger partial charge on any atom is -0.444 e. The number of alkyl halides is 3. The van der Waals surface area contributed by atoms with Crippen LogP contribution in [-0.4, -0.2) is 47.7 Å². The fraction of sp³-hybridized carbons (Fsp3) is 0.346. The number of pyridine rings is 2. The van der Waals surface area contributed by atoms with Crippen LogP contribution in [0.5, 0.6) is 0 Å². The van der Waals surface area contributed by atoms with Crippen molar-refractivity contribution in [1.29, 1.82) is 0 Å². The number of nitrogens with two attached hydrogens (primary N) is 1. The number of primary amides is 1. The van der Waals surface area contributed by atoms with Crippen LogP contribution >= 0.6 is 0 Å². The van der Waals surface area contributed by atoms with Crippen molar-refractivity contribution in [2.24, 2.45) is 11.7 Å². The Morgan fingerprint density at radius 2 is 1.79 bits per heavy atom. The molecule has 3 amide bonds. The molecule has 0 saturated heterocycles. The molecule has 0 aliphatic rings. The Balaban J connectivity index is 1.70. The Kier molecular flexibility index (Phi) is 8.17. The van der Waals surface area contributed by atoms with Gasteiger partial charge >= 0.3 is 18.3 Å². The molecule has 4 heterocycles. The Morgan fingerprint density at radius 3 is 2.40 bits per heavy atom. The van der Waals surface area contributed by atoms with Crippen LogP contribution in [0.4, 0.5) is 28.6 Å². The summed E-state index contributed by atoms with van der Waals surface area (Å²) in [4.78, 5) is 32.1. The van der Waals surface area contributed by atoms with Gasteiger partial charge in [0, 0.05) is 42.0 Å². The van der Waals surface area contributed by atoms with E-state index in [1.165, 1.54) is 24.7 Å². The molecule has 1 atom stereocenters. The second-order valence-corrected chi connectivity index (χ2v) is 10.5. The molecule has 0 radical (unpaired) electrons. The van der Waals surface area contributed by atoms with Crippen LogP contribution in [0.25, 0.3) is 28.3 Å². The van der Waals surface area contributed by atoms with Gasteiger partial charge in [0.05, 0.1) is 11.3 Å². The molecule has 4 rings (SSSR count). The van der Waals surface area contributed by atoms with E-state index in [9.17, 15) is 22.8 Å². The maximum absolute atomic E-state index is 13.3. The first-order valence-electron chi connectivity index (χ1n) is 12.6. The number of ether oxygens (including phenoxy) is 1. The van der Waals surface area contributed by atoms with Crippen LogP contribution in [0.15, 0.2) is 47.4 Å². The summed E-state index contributed by atoms with van der Waals surface area (Å²) in [6, 6.07) is 2.19. The van der Waals surface area contributed by atoms with Gasteiger partial charge in [0.1, 0.15) is 17.5 Å². The molecule has 0 bridgehead atoms. The molecule has 13 nitrogen and oxygen atoms in total. The van der Waals surface area contributed by atoms with Gasteiger partial charge in [0.15, 0.2) is 5.69 Å². The second-order valence-electron chi connectivity index (χ2n) is 10.5. The highest BCUT2D eigenvalue weighted by molar-refractivity contribution is 5.88. The summed E-state index contributed by atoms with van der Waals surface area (Å²) in [7, 11) is 0. The van der Waals surface area contributed by atoms with E-state index in [1.807, 2.05) is 13.8 Å². The number of carbonyl (C=O) groups is 2. The summed E-state index contributed by atoms with van der Waals surface area (Å²) < 4.78 is 52.0. The standard InChI is InChI=1S/C26H28F3N9O4/c1-13(2)20(34-24(40)42-25(3,4)5)22-36-35-21(41-22)15-8-14(10-31-11-15)16-12-32-19(33-23(30)39)9-17(16)38-7-6-18(37-38)26(27,28)29/h6-13,20H,1-5H3,(H,34,40)(H3,30,32,33,39)/t20-/m0/s1. The highest BCUT2D eigenvalue weighted by Gasteiger charge is 2.34. The van der Waals surface area contributed by atoms with Gasteiger partial charge in [-0.05, 0) is 38.8 Å². The van der Waals surface area contributed by atoms with Crippen molar-refractivity contribution in [2.75, 3.05) is 5.32 Å². The van der Waals surface area contributed by atoms with Crippen molar-refractivity contribution >= 4 is 17.9 Å². The van der Waals surface area contributed by atoms with Crippen LogP contribution in [0, 0.1) is 5.92 Å². The van der Waals surface area contributed by atoms with E-state index in [0.717, 1.165) is 16.9 Å². The first-order chi connectivity index (χ1) is 19.6. The summed E-state index contributed by atoms with van der Waals surface area (Å²) >= 11 is 0. The third-order valence-electron chi connectivity index (χ3n) is 5.60. The zero-order valence-corrected chi connectivity index (χ0v) is 23.2. The normalized spacial score (nSPS) is 12.7. The molecule has 0 fully saturated rings. The van der Waals surface area contributed by atoms with Gasteiger partial charge in [-0.2, -0.15) is 18.3 Å². The first kappa shape index (κ1) is 30.0. The van der Waals surface area contributed by atoms with E-state index in [1.54, 1.807) is 26.8 Å². The van der Waals surface area contributed by atoms with E-state index in [2.05, 4.69) is 35.9 Å². The van der Waals surface area contributed by atoms with Gasteiger partial charge in [-0.15, -0.1) is 10.2 Å². The van der Waals surface area contributed by atoms with Crippen molar-refractivity contribution in [3.05, 3.63) is 54.6 Å². The van der Waals surface area contributed by atoms with Gasteiger partial charge in [0.25, 0.3) is 0 Å². The molecule has 0 unspecified atom stereocenters. The van der Waals surface area contributed by atoms with E-state index >= 15 is 0 Å². The Bertz CT molecular complexity index is 1590. The van der Waals surface area contributed by atoms with Crippen LogP contribution < -0.4 is 16.4 Å². The number of carbonyl (C=O) groups excluding carboxylic acids is 2. The predicted octanol–water partition coefficient (Wildman–Crippen LogP) is 5.11. The number of rotatable bonds is 7. The molecule has 0 spiro atoms. The SMILES string of the molecule is CC(C)[C@H](NC(=O)OC(C)(C)C)c1nnc(-c2cncc(-c3cnc(NC(N)=O)cc3-n3ccc(C(F)(F)F)n3)c2)o1. The zero-order chi connectivity index (χ0) is 30.8. The minimum atomic E-state index is -4.67. The summed E-state index contributed by atoms with van der Waals surface area (Å²) in [6.07, 6.45) is 0.0495. The number of halogens is 3. The average molecular weight is 588 g/mol. The lowest BCUT2D eigenvalue weighted by Gasteiger charge is -2.23. The summed E-state index contributed by atoms with van der Waals surface area (Å²) in [5.41, 5.74) is 4.63. The number of hydrogen-bond acceptors (Lipinski definition) is 9. The lowest BCUT2D eigenvalue weighted by molar-refractivity contribution is -0.141. The smallest absolute Gasteiger partial charge is 0.435 e. The van der Waals surface area contributed by atoms with E-state index in [-0.39, 0.29) is 29.2 Å².